The van der Waals surface area contributed by atoms with Gasteiger partial charge in [-0.3, -0.25) is 14.6 Å². The zero-order valence-corrected chi connectivity index (χ0v) is 29.2. The van der Waals surface area contributed by atoms with Crippen LogP contribution in [-0.2, 0) is 49.5 Å². The number of esters is 1. The van der Waals surface area contributed by atoms with Gasteiger partial charge in [0, 0.05) is 37.3 Å². The van der Waals surface area contributed by atoms with E-state index >= 15 is 0 Å². The minimum absolute atomic E-state index is 0.184. The van der Waals surface area contributed by atoms with Crippen LogP contribution in [0.25, 0.3) is 0 Å². The molecule has 11 heteroatoms. The summed E-state index contributed by atoms with van der Waals surface area (Å²) in [5.41, 5.74) is 2.87. The van der Waals surface area contributed by atoms with E-state index in [-0.39, 0.29) is 18.2 Å². The summed E-state index contributed by atoms with van der Waals surface area (Å²) in [6, 6.07) is 8.03. The molecule has 258 valence electrons. The van der Waals surface area contributed by atoms with E-state index in [1.165, 1.54) is 0 Å². The van der Waals surface area contributed by atoms with Crippen molar-refractivity contribution < 1.29 is 33.4 Å². The molecule has 0 bridgehead atoms. The summed E-state index contributed by atoms with van der Waals surface area (Å²) < 4.78 is 15.9. The molecule has 2 aromatic rings. The van der Waals surface area contributed by atoms with Gasteiger partial charge in [-0.1, -0.05) is 12.1 Å². The molecule has 2 amide bonds. The van der Waals surface area contributed by atoms with Crippen molar-refractivity contribution in [3.8, 4) is 0 Å². The van der Waals surface area contributed by atoms with E-state index in [1.807, 2.05) is 65.8 Å². The van der Waals surface area contributed by atoms with Crippen LogP contribution in [0.3, 0.4) is 0 Å². The Hall–Kier alpha value is -4.02. The monoisotopic (exact) mass is 652 g/mol. The van der Waals surface area contributed by atoms with E-state index in [4.69, 9.17) is 14.2 Å². The van der Waals surface area contributed by atoms with Crippen LogP contribution in [0.5, 0.6) is 0 Å². The fraction of sp³-hybridized carbons (Fsp3) is 0.611. The SMILES string of the molecule is CC(C)(C)OC(=O)N1CCCc2ccc(CCCC=O)nc21.CCOC(=O)CCCc1ccc2c(n1)N(C(=O)OC(C)(C)C)CCC2. The van der Waals surface area contributed by atoms with Crippen LogP contribution in [-0.4, -0.2) is 65.3 Å². The molecule has 47 heavy (non-hydrogen) atoms. The number of pyridine rings is 2. The molecule has 0 aliphatic carbocycles. The minimum atomic E-state index is -0.536. The topological polar surface area (TPSA) is 128 Å². The number of anilines is 2. The van der Waals surface area contributed by atoms with Gasteiger partial charge in [0.2, 0.25) is 0 Å². The first kappa shape index (κ1) is 37.4. The Balaban J connectivity index is 0.000000257. The van der Waals surface area contributed by atoms with Gasteiger partial charge in [-0.05, 0) is 123 Å². The standard InChI is InChI=1S/C19H28N2O4.C17H24N2O3/c1-5-24-16(22)10-6-9-15-12-11-14-8-7-13-21(17(14)20-15)18(23)25-19(2,3)4;1-17(2,3)22-16(21)19-11-6-7-13-9-10-14(18-15(13)19)8-4-5-12-20/h11-12H,5-10,13H2,1-4H3;9-10,12H,4-8,11H2,1-3H3. The zero-order valence-electron chi connectivity index (χ0n) is 29.2. The van der Waals surface area contributed by atoms with Crippen LogP contribution in [0.1, 0.15) is 110 Å². The van der Waals surface area contributed by atoms with Crippen molar-refractivity contribution in [1.82, 2.24) is 9.97 Å². The number of aldehydes is 1. The predicted octanol–water partition coefficient (Wildman–Crippen LogP) is 6.95. The summed E-state index contributed by atoms with van der Waals surface area (Å²) >= 11 is 0. The number of fused-ring (bicyclic) bond motifs is 2. The Bertz CT molecular complexity index is 1380. The number of carbonyl (C=O) groups excluding carboxylic acids is 4. The molecule has 0 atom stereocenters. The first-order chi connectivity index (χ1) is 22.2. The second-order valence-corrected chi connectivity index (χ2v) is 13.8. The highest BCUT2D eigenvalue weighted by molar-refractivity contribution is 5.88. The lowest BCUT2D eigenvalue weighted by Crippen LogP contribution is -2.40. The number of unbranched alkanes of at least 4 members (excludes halogenated alkanes) is 1. The second-order valence-electron chi connectivity index (χ2n) is 13.8. The number of carbonyl (C=O) groups is 4. The van der Waals surface area contributed by atoms with Crippen LogP contribution in [0.4, 0.5) is 21.2 Å². The van der Waals surface area contributed by atoms with Gasteiger partial charge >= 0.3 is 18.2 Å². The molecule has 0 radical (unpaired) electrons. The van der Waals surface area contributed by atoms with Crippen molar-refractivity contribution >= 4 is 36.1 Å². The summed E-state index contributed by atoms with van der Waals surface area (Å²) in [6.07, 6.45) is 7.66. The van der Waals surface area contributed by atoms with Crippen molar-refractivity contribution in [2.24, 2.45) is 0 Å². The van der Waals surface area contributed by atoms with Crippen molar-refractivity contribution in [2.75, 3.05) is 29.5 Å². The minimum Gasteiger partial charge on any atom is -0.466 e. The highest BCUT2D eigenvalue weighted by Gasteiger charge is 2.30. The first-order valence-electron chi connectivity index (χ1n) is 16.8. The van der Waals surface area contributed by atoms with Gasteiger partial charge in [0.1, 0.15) is 29.1 Å². The molecule has 0 unspecified atom stereocenters. The summed E-state index contributed by atoms with van der Waals surface area (Å²) in [4.78, 5) is 59.2. The average molecular weight is 653 g/mol. The lowest BCUT2D eigenvalue weighted by atomic mass is 10.0. The molecule has 0 spiro atoms. The Morgan fingerprint density at radius 1 is 0.766 bits per heavy atom. The zero-order chi connectivity index (χ0) is 34.6. The second kappa shape index (κ2) is 17.2. The number of hydrogen-bond donors (Lipinski definition) is 0. The fourth-order valence-corrected chi connectivity index (χ4v) is 5.24. The van der Waals surface area contributed by atoms with Gasteiger partial charge in [-0.2, -0.15) is 0 Å². The van der Waals surface area contributed by atoms with Gasteiger partial charge < -0.3 is 19.0 Å². The van der Waals surface area contributed by atoms with E-state index in [2.05, 4.69) is 9.97 Å². The normalized spacial score (nSPS) is 14.2. The molecule has 0 N–H and O–H groups in total. The summed E-state index contributed by atoms with van der Waals surface area (Å²) in [5, 5.41) is 0. The number of aromatic nitrogens is 2. The Labute approximate surface area is 279 Å². The molecular formula is C36H52N4O7. The number of nitrogens with zero attached hydrogens (tertiary/aromatic N) is 4. The third-order valence-electron chi connectivity index (χ3n) is 7.30. The molecule has 2 aromatic heterocycles. The van der Waals surface area contributed by atoms with E-state index in [1.54, 1.807) is 16.7 Å². The predicted molar refractivity (Wildman–Crippen MR) is 181 cm³/mol. The molecular weight excluding hydrogens is 600 g/mol. The Morgan fingerprint density at radius 2 is 1.23 bits per heavy atom. The Kier molecular flexibility index (Phi) is 13.7. The third kappa shape index (κ3) is 12.3. The van der Waals surface area contributed by atoms with Crippen molar-refractivity contribution in [1.29, 1.82) is 0 Å². The molecule has 4 heterocycles. The summed E-state index contributed by atoms with van der Waals surface area (Å²) in [5.74, 6) is 1.22. The van der Waals surface area contributed by atoms with Gasteiger partial charge in [-0.25, -0.2) is 19.6 Å². The molecule has 0 aromatic carbocycles. The molecule has 2 aliphatic heterocycles. The van der Waals surface area contributed by atoms with E-state index in [0.717, 1.165) is 67.3 Å². The maximum absolute atomic E-state index is 12.5. The fourth-order valence-electron chi connectivity index (χ4n) is 5.24. The molecule has 0 saturated carbocycles. The van der Waals surface area contributed by atoms with Crippen LogP contribution in [0, 0.1) is 0 Å². The van der Waals surface area contributed by atoms with Crippen LogP contribution >= 0.6 is 0 Å². The van der Waals surface area contributed by atoms with Gasteiger partial charge in [0.15, 0.2) is 0 Å². The average Bonchev–Trinajstić information content (AvgIpc) is 2.99. The van der Waals surface area contributed by atoms with Crippen molar-refractivity contribution in [3.63, 3.8) is 0 Å². The Morgan fingerprint density at radius 3 is 1.66 bits per heavy atom. The lowest BCUT2D eigenvalue weighted by molar-refractivity contribution is -0.143. The summed E-state index contributed by atoms with van der Waals surface area (Å²) in [6.45, 7) is 14.6. The van der Waals surface area contributed by atoms with E-state index in [9.17, 15) is 19.2 Å². The van der Waals surface area contributed by atoms with Crippen molar-refractivity contribution in [3.05, 3.63) is 46.8 Å². The highest BCUT2D eigenvalue weighted by atomic mass is 16.6. The van der Waals surface area contributed by atoms with Crippen LogP contribution in [0.15, 0.2) is 24.3 Å². The maximum Gasteiger partial charge on any atom is 0.416 e. The number of amides is 2. The molecule has 11 nitrogen and oxygen atoms in total. The number of ether oxygens (including phenoxy) is 3. The third-order valence-corrected chi connectivity index (χ3v) is 7.30. The van der Waals surface area contributed by atoms with E-state index < -0.39 is 11.2 Å². The molecule has 4 rings (SSSR count). The largest absolute Gasteiger partial charge is 0.466 e. The van der Waals surface area contributed by atoms with Crippen LogP contribution < -0.4 is 9.80 Å². The van der Waals surface area contributed by atoms with Gasteiger partial charge in [0.25, 0.3) is 0 Å². The molecule has 0 fully saturated rings. The molecule has 0 saturated heterocycles. The van der Waals surface area contributed by atoms with Gasteiger partial charge in [0.05, 0.1) is 6.61 Å². The van der Waals surface area contributed by atoms with Gasteiger partial charge in [-0.15, -0.1) is 0 Å². The van der Waals surface area contributed by atoms with Crippen LogP contribution in [0.2, 0.25) is 0 Å². The van der Waals surface area contributed by atoms with Crippen molar-refractivity contribution in [2.45, 2.75) is 124 Å². The number of hydrogen-bond acceptors (Lipinski definition) is 9. The smallest absolute Gasteiger partial charge is 0.416 e. The number of rotatable bonds is 9. The number of aryl methyl sites for hydroxylation is 4. The quantitative estimate of drug-likeness (QED) is 0.122. The maximum atomic E-state index is 12.5. The first-order valence-corrected chi connectivity index (χ1v) is 16.8. The lowest BCUT2D eigenvalue weighted by Gasteiger charge is -2.31. The highest BCUT2D eigenvalue weighted by Crippen LogP contribution is 2.29. The summed E-state index contributed by atoms with van der Waals surface area (Å²) in [7, 11) is 0. The molecule has 2 aliphatic rings. The van der Waals surface area contributed by atoms with E-state index in [0.29, 0.717) is 57.0 Å².